The maximum Gasteiger partial charge on any atom is 0.191 e. The van der Waals surface area contributed by atoms with Gasteiger partial charge in [-0.05, 0) is 59.6 Å². The molecule has 0 saturated heterocycles. The molecule has 0 fully saturated rings. The van der Waals surface area contributed by atoms with Gasteiger partial charge in [0.2, 0.25) is 0 Å². The molecule has 0 aliphatic heterocycles. The molecule has 6 nitrogen and oxygen atoms in total. The molecule has 0 aromatic heterocycles. The zero-order valence-corrected chi connectivity index (χ0v) is 26.2. The molecule has 39 heavy (non-hydrogen) atoms. The number of rotatable bonds is 17. The molecule has 0 aliphatic carbocycles. The molecule has 2 aromatic rings. The van der Waals surface area contributed by atoms with Gasteiger partial charge in [0.25, 0.3) is 0 Å². The fraction of sp³-hybridized carbons (Fsp3) is 0.594. The van der Waals surface area contributed by atoms with Gasteiger partial charge in [0.05, 0.1) is 26.4 Å². The molecule has 7 heteroatoms. The van der Waals surface area contributed by atoms with E-state index in [1.807, 2.05) is 68.4 Å². The minimum atomic E-state index is -1.91. The van der Waals surface area contributed by atoms with E-state index in [4.69, 9.17) is 18.6 Å². The van der Waals surface area contributed by atoms with Crippen LogP contribution in [0.3, 0.4) is 0 Å². The van der Waals surface area contributed by atoms with Crippen molar-refractivity contribution in [1.82, 2.24) is 0 Å². The molecule has 0 aliphatic rings. The standard InChI is InChI=1S/C32H50O6Si/c1-24(20-36-22-26-12-10-9-11-13-26)18-29(33)31(37-23-27-14-16-28(35-6)17-15-27)30(34)19-25(2)21-38-39(7,8)32(3,4)5/h9-17,24-25,29,31,33H,18-23H2,1-8H3/t24-,25-,29+,31-/m1/s1. The van der Waals surface area contributed by atoms with Crippen LogP contribution < -0.4 is 4.74 Å². The lowest BCUT2D eigenvalue weighted by Gasteiger charge is -2.37. The second-order valence-corrected chi connectivity index (χ2v) is 17.1. The third-order valence-electron chi connectivity index (χ3n) is 7.50. The molecule has 0 heterocycles. The summed E-state index contributed by atoms with van der Waals surface area (Å²) in [6.45, 7) is 16.9. The summed E-state index contributed by atoms with van der Waals surface area (Å²) in [5.41, 5.74) is 2.02. The normalized spacial score (nSPS) is 15.4. The third kappa shape index (κ3) is 11.5. The van der Waals surface area contributed by atoms with Crippen molar-refractivity contribution in [3.8, 4) is 5.75 Å². The molecule has 218 valence electrons. The van der Waals surface area contributed by atoms with Crippen molar-refractivity contribution in [2.45, 2.75) is 91.0 Å². The highest BCUT2D eigenvalue weighted by molar-refractivity contribution is 6.74. The average molecular weight is 559 g/mol. The number of aliphatic hydroxyl groups is 1. The molecule has 0 amide bonds. The van der Waals surface area contributed by atoms with Gasteiger partial charge in [-0.15, -0.1) is 0 Å². The number of ether oxygens (including phenoxy) is 3. The van der Waals surface area contributed by atoms with Crippen LogP contribution in [0.25, 0.3) is 0 Å². The Morgan fingerprint density at radius 2 is 1.51 bits per heavy atom. The minimum Gasteiger partial charge on any atom is -0.497 e. The number of ketones is 1. The van der Waals surface area contributed by atoms with Gasteiger partial charge in [-0.1, -0.05) is 77.1 Å². The fourth-order valence-corrected chi connectivity index (χ4v) is 5.10. The van der Waals surface area contributed by atoms with Gasteiger partial charge < -0.3 is 23.7 Å². The first-order valence-electron chi connectivity index (χ1n) is 14.0. The summed E-state index contributed by atoms with van der Waals surface area (Å²) in [6, 6.07) is 17.5. The summed E-state index contributed by atoms with van der Waals surface area (Å²) >= 11 is 0. The summed E-state index contributed by atoms with van der Waals surface area (Å²) in [7, 11) is -0.288. The average Bonchev–Trinajstić information content (AvgIpc) is 2.88. The molecule has 0 radical (unpaired) electrons. The van der Waals surface area contributed by atoms with Crippen LogP contribution in [0.5, 0.6) is 5.75 Å². The van der Waals surface area contributed by atoms with Crippen molar-refractivity contribution in [3.63, 3.8) is 0 Å². The lowest BCUT2D eigenvalue weighted by Crippen LogP contribution is -2.42. The first-order valence-corrected chi connectivity index (χ1v) is 16.9. The molecular weight excluding hydrogens is 508 g/mol. The number of carbonyl (C=O) groups is 1. The Kier molecular flexibility index (Phi) is 13.3. The topological polar surface area (TPSA) is 74.2 Å². The Bertz CT molecular complexity index is 970. The summed E-state index contributed by atoms with van der Waals surface area (Å²) in [6.07, 6.45) is -1.15. The van der Waals surface area contributed by atoms with Crippen LogP contribution in [0.4, 0.5) is 0 Å². The van der Waals surface area contributed by atoms with E-state index in [9.17, 15) is 9.90 Å². The van der Waals surface area contributed by atoms with E-state index in [2.05, 4.69) is 33.9 Å². The summed E-state index contributed by atoms with van der Waals surface area (Å²) in [5, 5.41) is 11.3. The minimum absolute atomic E-state index is 0.0255. The predicted octanol–water partition coefficient (Wildman–Crippen LogP) is 6.80. The van der Waals surface area contributed by atoms with E-state index >= 15 is 0 Å². The number of aliphatic hydroxyl groups excluding tert-OH is 1. The van der Waals surface area contributed by atoms with Crippen LogP contribution in [0.15, 0.2) is 54.6 Å². The summed E-state index contributed by atoms with van der Waals surface area (Å²) in [5.74, 6) is 0.742. The maximum atomic E-state index is 13.4. The highest BCUT2D eigenvalue weighted by Gasteiger charge is 2.38. The van der Waals surface area contributed by atoms with Gasteiger partial charge in [-0.25, -0.2) is 0 Å². The smallest absolute Gasteiger partial charge is 0.191 e. The molecule has 2 aromatic carbocycles. The molecule has 0 spiro atoms. The Morgan fingerprint density at radius 3 is 2.10 bits per heavy atom. The van der Waals surface area contributed by atoms with Crippen molar-refractivity contribution >= 4 is 14.1 Å². The van der Waals surface area contributed by atoms with E-state index in [0.717, 1.165) is 16.9 Å². The van der Waals surface area contributed by atoms with Crippen LogP contribution in [0.1, 0.15) is 58.6 Å². The van der Waals surface area contributed by atoms with Crippen molar-refractivity contribution in [2.75, 3.05) is 20.3 Å². The van der Waals surface area contributed by atoms with E-state index in [0.29, 0.717) is 26.2 Å². The highest BCUT2D eigenvalue weighted by Crippen LogP contribution is 2.37. The summed E-state index contributed by atoms with van der Waals surface area (Å²) in [4.78, 5) is 13.4. The zero-order valence-electron chi connectivity index (χ0n) is 25.2. The van der Waals surface area contributed by atoms with Gasteiger partial charge in [0.15, 0.2) is 14.1 Å². The van der Waals surface area contributed by atoms with E-state index < -0.39 is 20.5 Å². The molecule has 0 unspecified atom stereocenters. The molecule has 1 N–H and O–H groups in total. The number of carbonyl (C=O) groups excluding carboxylic acids is 1. The lowest BCUT2D eigenvalue weighted by atomic mass is 9.94. The van der Waals surface area contributed by atoms with Crippen LogP contribution in [0, 0.1) is 11.8 Å². The number of hydrogen-bond acceptors (Lipinski definition) is 6. The van der Waals surface area contributed by atoms with Crippen LogP contribution >= 0.6 is 0 Å². The Labute approximate surface area is 237 Å². The number of methoxy groups -OCH3 is 1. The fourth-order valence-electron chi connectivity index (χ4n) is 3.97. The Balaban J connectivity index is 1.99. The largest absolute Gasteiger partial charge is 0.497 e. The van der Waals surface area contributed by atoms with E-state index in [1.165, 1.54) is 0 Å². The van der Waals surface area contributed by atoms with Crippen LogP contribution in [0.2, 0.25) is 18.1 Å². The number of Topliss-reactive ketones (excluding diaryl/α,β-unsaturated/α-hetero) is 1. The maximum absolute atomic E-state index is 13.4. The first-order chi connectivity index (χ1) is 18.3. The van der Waals surface area contributed by atoms with E-state index in [-0.39, 0.29) is 35.7 Å². The van der Waals surface area contributed by atoms with Gasteiger partial charge in [-0.3, -0.25) is 4.79 Å². The van der Waals surface area contributed by atoms with Crippen LogP contribution in [-0.2, 0) is 31.9 Å². The Hall–Kier alpha value is -2.03. The molecule has 0 saturated carbocycles. The summed E-state index contributed by atoms with van der Waals surface area (Å²) < 4.78 is 23.5. The third-order valence-corrected chi connectivity index (χ3v) is 12.0. The number of benzene rings is 2. The number of hydrogen-bond donors (Lipinski definition) is 1. The van der Waals surface area contributed by atoms with Gasteiger partial charge in [0, 0.05) is 19.6 Å². The van der Waals surface area contributed by atoms with Gasteiger partial charge in [-0.2, -0.15) is 0 Å². The van der Waals surface area contributed by atoms with Gasteiger partial charge in [0.1, 0.15) is 11.9 Å². The second kappa shape index (κ2) is 15.7. The van der Waals surface area contributed by atoms with Crippen molar-refractivity contribution in [3.05, 3.63) is 65.7 Å². The van der Waals surface area contributed by atoms with Crippen LogP contribution in [-0.4, -0.2) is 51.7 Å². The van der Waals surface area contributed by atoms with Crippen molar-refractivity contribution in [2.24, 2.45) is 11.8 Å². The van der Waals surface area contributed by atoms with E-state index in [1.54, 1.807) is 7.11 Å². The first kappa shape index (κ1) is 33.2. The van der Waals surface area contributed by atoms with Crippen molar-refractivity contribution in [1.29, 1.82) is 0 Å². The second-order valence-electron chi connectivity index (χ2n) is 12.3. The van der Waals surface area contributed by atoms with Crippen molar-refractivity contribution < 1.29 is 28.5 Å². The Morgan fingerprint density at radius 1 is 0.897 bits per heavy atom. The predicted molar refractivity (Wildman–Crippen MR) is 159 cm³/mol. The lowest BCUT2D eigenvalue weighted by molar-refractivity contribution is -0.142. The molecular formula is C32H50O6Si. The monoisotopic (exact) mass is 558 g/mol. The SMILES string of the molecule is COc1ccc(CO[C@@H](C(=O)C[C@@H](C)CO[Si](C)(C)C(C)(C)C)[C@@H](O)C[C@@H](C)COCc2ccccc2)cc1. The molecule has 4 atom stereocenters. The highest BCUT2D eigenvalue weighted by atomic mass is 28.4. The molecule has 0 bridgehead atoms. The molecule has 2 rings (SSSR count). The van der Waals surface area contributed by atoms with Gasteiger partial charge >= 0.3 is 0 Å². The zero-order chi connectivity index (χ0) is 29.1. The quantitative estimate of drug-likeness (QED) is 0.215.